The van der Waals surface area contributed by atoms with Gasteiger partial charge >= 0.3 is 5.51 Å². The Balaban J connectivity index is 3.64. The normalized spacial score (nSPS) is 13.5. The third-order valence-electron chi connectivity index (χ3n) is 2.42. The zero-order chi connectivity index (χ0) is 17.7. The highest BCUT2D eigenvalue weighted by atomic mass is 32.3. The predicted octanol–water partition coefficient (Wildman–Crippen LogP) is 2.22. The lowest BCUT2D eigenvalue weighted by atomic mass is 10.2. The van der Waals surface area contributed by atoms with E-state index in [2.05, 4.69) is 0 Å². The molecular weight excluding hydrogens is 369 g/mol. The second-order valence-corrected chi connectivity index (χ2v) is 8.28. The summed E-state index contributed by atoms with van der Waals surface area (Å²) in [4.78, 5) is -2.42. The molecule has 4 nitrogen and oxygen atoms in total. The van der Waals surface area contributed by atoms with Crippen LogP contribution in [-0.2, 0) is 19.7 Å². The number of benzene rings is 1. The molecule has 0 aliphatic rings. The van der Waals surface area contributed by atoms with E-state index in [1.807, 2.05) is 0 Å². The Bertz CT molecular complexity index is 795. The van der Waals surface area contributed by atoms with E-state index in [0.717, 1.165) is 0 Å². The summed E-state index contributed by atoms with van der Waals surface area (Å²) in [5.41, 5.74) is -7.29. The molecule has 22 heavy (non-hydrogen) atoms. The fraction of sp³-hybridized carbons (Fsp3) is 0.333. The van der Waals surface area contributed by atoms with E-state index >= 15 is 0 Å². The molecule has 0 saturated heterocycles. The summed E-state index contributed by atoms with van der Waals surface area (Å²) in [6.45, 7) is 0.541. The second-order valence-electron chi connectivity index (χ2n) is 4.00. The van der Waals surface area contributed by atoms with Crippen LogP contribution in [0, 0.1) is 30.2 Å². The summed E-state index contributed by atoms with van der Waals surface area (Å²) in [5.74, 6) is -9.34. The van der Waals surface area contributed by atoms with E-state index < -0.39 is 64.0 Å². The number of sulfone groups is 2. The van der Waals surface area contributed by atoms with E-state index in [4.69, 9.17) is 0 Å². The number of halogens is 7. The number of rotatable bonds is 3. The SMILES string of the molecule is Cc1c(F)c(F)c(S(=O)(=O)CS(=O)(=O)C(F)(F)F)c(F)c1F. The van der Waals surface area contributed by atoms with Crippen LogP contribution in [0.1, 0.15) is 5.56 Å². The van der Waals surface area contributed by atoms with Gasteiger partial charge in [0.1, 0.15) is 4.90 Å². The molecule has 0 aliphatic carbocycles. The van der Waals surface area contributed by atoms with E-state index in [0.29, 0.717) is 6.92 Å². The molecule has 0 atom stereocenters. The predicted molar refractivity (Wildman–Crippen MR) is 58.0 cm³/mol. The minimum Gasteiger partial charge on any atom is -0.222 e. The Morgan fingerprint density at radius 2 is 1.18 bits per heavy atom. The molecule has 0 fully saturated rings. The van der Waals surface area contributed by atoms with Crippen LogP contribution in [0.3, 0.4) is 0 Å². The summed E-state index contributed by atoms with van der Waals surface area (Å²) < 4.78 is 134. The van der Waals surface area contributed by atoms with Gasteiger partial charge in [0.2, 0.25) is 0 Å². The van der Waals surface area contributed by atoms with Crippen molar-refractivity contribution >= 4 is 19.7 Å². The third kappa shape index (κ3) is 3.04. The first-order valence-corrected chi connectivity index (χ1v) is 8.28. The van der Waals surface area contributed by atoms with Crippen LogP contribution in [0.5, 0.6) is 0 Å². The van der Waals surface area contributed by atoms with Crippen molar-refractivity contribution in [3.05, 3.63) is 28.8 Å². The molecule has 0 unspecified atom stereocenters. The molecule has 13 heteroatoms. The van der Waals surface area contributed by atoms with E-state index in [1.54, 1.807) is 0 Å². The smallest absolute Gasteiger partial charge is 0.222 e. The molecule has 0 amide bonds. The average Bonchev–Trinajstić information content (AvgIpc) is 2.31. The number of alkyl halides is 3. The van der Waals surface area contributed by atoms with Crippen LogP contribution in [0.15, 0.2) is 4.90 Å². The minimum atomic E-state index is -6.34. The lowest BCUT2D eigenvalue weighted by molar-refractivity contribution is -0.0431. The zero-order valence-electron chi connectivity index (χ0n) is 10.3. The van der Waals surface area contributed by atoms with Gasteiger partial charge in [0.25, 0.3) is 9.84 Å². The van der Waals surface area contributed by atoms with Gasteiger partial charge in [0.05, 0.1) is 0 Å². The summed E-state index contributed by atoms with van der Waals surface area (Å²) >= 11 is 0. The lowest BCUT2D eigenvalue weighted by Gasteiger charge is -2.12. The van der Waals surface area contributed by atoms with Gasteiger partial charge in [-0.2, -0.15) is 13.2 Å². The van der Waals surface area contributed by atoms with Crippen molar-refractivity contribution in [2.45, 2.75) is 17.3 Å². The van der Waals surface area contributed by atoms with Crippen LogP contribution < -0.4 is 0 Å². The molecule has 0 saturated carbocycles. The molecule has 0 heterocycles. The largest absolute Gasteiger partial charge is 0.498 e. The topological polar surface area (TPSA) is 68.3 Å². The molecule has 0 aromatic heterocycles. The first-order valence-electron chi connectivity index (χ1n) is 4.98. The van der Waals surface area contributed by atoms with Crippen molar-refractivity contribution in [1.82, 2.24) is 0 Å². The molecule has 0 aliphatic heterocycles. The molecule has 1 aromatic carbocycles. The second kappa shape index (κ2) is 5.37. The number of hydrogen-bond acceptors (Lipinski definition) is 4. The van der Waals surface area contributed by atoms with Gasteiger partial charge in [-0.05, 0) is 6.92 Å². The quantitative estimate of drug-likeness (QED) is 0.601. The Hall–Kier alpha value is -1.37. The molecule has 126 valence electrons. The van der Waals surface area contributed by atoms with Crippen molar-refractivity contribution in [2.75, 3.05) is 5.08 Å². The Labute approximate surface area is 119 Å². The Morgan fingerprint density at radius 1 is 0.818 bits per heavy atom. The monoisotopic (exact) mass is 374 g/mol. The number of hydrogen-bond donors (Lipinski definition) is 0. The minimum absolute atomic E-state index is 0.541. The third-order valence-corrected chi connectivity index (χ3v) is 6.58. The maximum atomic E-state index is 13.4. The van der Waals surface area contributed by atoms with Crippen molar-refractivity contribution in [3.8, 4) is 0 Å². The lowest BCUT2D eigenvalue weighted by Crippen LogP contribution is -2.31. The highest BCUT2D eigenvalue weighted by Gasteiger charge is 2.49. The Kier molecular flexibility index (Phi) is 4.56. The molecule has 1 aromatic rings. The van der Waals surface area contributed by atoms with Crippen LogP contribution in [0.25, 0.3) is 0 Å². The van der Waals surface area contributed by atoms with Gasteiger partial charge in [-0.1, -0.05) is 0 Å². The summed E-state index contributed by atoms with van der Waals surface area (Å²) in [5, 5.41) is -2.79. The van der Waals surface area contributed by atoms with Crippen LogP contribution in [0.4, 0.5) is 30.7 Å². The Morgan fingerprint density at radius 3 is 1.50 bits per heavy atom. The van der Waals surface area contributed by atoms with Crippen LogP contribution in [-0.4, -0.2) is 27.4 Å². The molecule has 0 bridgehead atoms. The van der Waals surface area contributed by atoms with Crippen LogP contribution in [0.2, 0.25) is 0 Å². The molecular formula is C9H5F7O4S2. The van der Waals surface area contributed by atoms with Crippen molar-refractivity contribution in [1.29, 1.82) is 0 Å². The van der Waals surface area contributed by atoms with Crippen molar-refractivity contribution < 1.29 is 47.6 Å². The maximum Gasteiger partial charge on any atom is 0.498 e. The molecule has 0 radical (unpaired) electrons. The average molecular weight is 374 g/mol. The van der Waals surface area contributed by atoms with Gasteiger partial charge in [-0.25, -0.2) is 34.4 Å². The highest BCUT2D eigenvalue weighted by Crippen LogP contribution is 2.31. The van der Waals surface area contributed by atoms with Gasteiger partial charge in [-0.3, -0.25) is 0 Å². The molecule has 1 rings (SSSR count). The summed E-state index contributed by atoms with van der Waals surface area (Å²) in [6.07, 6.45) is 0. The molecule has 0 N–H and O–H groups in total. The summed E-state index contributed by atoms with van der Waals surface area (Å²) in [7, 11) is -12.2. The van der Waals surface area contributed by atoms with Gasteiger partial charge in [0.15, 0.2) is 38.2 Å². The standard InChI is InChI=1S/C9H5F7O4S2/c1-3-4(10)6(12)8(7(13)5(3)11)21(17,18)2-22(19,20)9(14,15)16/h2H2,1H3. The van der Waals surface area contributed by atoms with Gasteiger partial charge < -0.3 is 0 Å². The van der Waals surface area contributed by atoms with Gasteiger partial charge in [-0.15, -0.1) is 0 Å². The van der Waals surface area contributed by atoms with E-state index in [1.165, 1.54) is 0 Å². The zero-order valence-corrected chi connectivity index (χ0v) is 11.9. The maximum absolute atomic E-state index is 13.4. The fourth-order valence-electron chi connectivity index (χ4n) is 1.32. The van der Waals surface area contributed by atoms with Crippen molar-refractivity contribution in [2.24, 2.45) is 0 Å². The van der Waals surface area contributed by atoms with E-state index in [9.17, 15) is 47.6 Å². The van der Waals surface area contributed by atoms with Gasteiger partial charge in [0, 0.05) is 5.56 Å². The summed E-state index contributed by atoms with van der Waals surface area (Å²) in [6, 6.07) is 0. The van der Waals surface area contributed by atoms with Crippen molar-refractivity contribution in [3.63, 3.8) is 0 Å². The van der Waals surface area contributed by atoms with E-state index in [-0.39, 0.29) is 0 Å². The van der Waals surface area contributed by atoms with Crippen LogP contribution >= 0.6 is 0 Å². The molecule has 0 spiro atoms. The highest BCUT2D eigenvalue weighted by molar-refractivity contribution is 8.08. The first kappa shape index (κ1) is 18.7. The first-order chi connectivity index (χ1) is 9.63. The fourth-order valence-corrected chi connectivity index (χ4v) is 4.69.